The predicted molar refractivity (Wildman–Crippen MR) is 47.3 cm³/mol. The zero-order chi connectivity index (χ0) is 9.90. The van der Waals surface area contributed by atoms with Crippen molar-refractivity contribution in [3.63, 3.8) is 0 Å². The van der Waals surface area contributed by atoms with Crippen molar-refractivity contribution in [2.24, 2.45) is 0 Å². The van der Waals surface area contributed by atoms with Gasteiger partial charge in [-0.1, -0.05) is 30.3 Å². The maximum atomic E-state index is 10.7. The molecular weight excluding hydrogens is 190 g/mol. The van der Waals surface area contributed by atoms with Gasteiger partial charge in [0, 0.05) is 0 Å². The number of hydrogen-bond acceptors (Lipinski definition) is 2. The smallest absolute Gasteiger partial charge is 0.289 e. The fourth-order valence-corrected chi connectivity index (χ4v) is 1.57. The van der Waals surface area contributed by atoms with Crippen LogP contribution in [-0.4, -0.2) is 13.0 Å². The first-order chi connectivity index (χ1) is 6.05. The van der Waals surface area contributed by atoms with Crippen LogP contribution in [-0.2, 0) is 10.1 Å². The summed E-state index contributed by atoms with van der Waals surface area (Å²) in [7, 11) is -4.32. The molecule has 1 atom stereocenters. The molecule has 0 saturated carbocycles. The Bertz CT molecular complexity index is 418. The molecule has 0 radical (unpaired) electrons. The highest BCUT2D eigenvalue weighted by atomic mass is 32.2. The van der Waals surface area contributed by atoms with E-state index >= 15 is 0 Å². The summed E-state index contributed by atoms with van der Waals surface area (Å²) in [4.78, 5) is 2.84. The zero-order valence-electron chi connectivity index (χ0n) is 6.58. The van der Waals surface area contributed by atoms with Crippen LogP contribution in [0.1, 0.15) is 10.9 Å². The van der Waals surface area contributed by atoms with Crippen LogP contribution in [0, 0.1) is 6.57 Å². The molecule has 0 aliphatic rings. The van der Waals surface area contributed by atoms with Crippen molar-refractivity contribution in [3.05, 3.63) is 47.3 Å². The van der Waals surface area contributed by atoms with E-state index in [1.165, 1.54) is 12.1 Å². The minimum absolute atomic E-state index is 0.278. The van der Waals surface area contributed by atoms with Crippen molar-refractivity contribution < 1.29 is 13.0 Å². The quantitative estimate of drug-likeness (QED) is 0.577. The molecule has 0 saturated heterocycles. The first-order valence-electron chi connectivity index (χ1n) is 3.43. The zero-order valence-corrected chi connectivity index (χ0v) is 7.40. The highest BCUT2D eigenvalue weighted by molar-refractivity contribution is 7.86. The predicted octanol–water partition coefficient (Wildman–Crippen LogP) is 1.49. The lowest BCUT2D eigenvalue weighted by Crippen LogP contribution is -2.07. The maximum absolute atomic E-state index is 10.7. The number of benzene rings is 1. The summed E-state index contributed by atoms with van der Waals surface area (Å²) in [6.45, 7) is 6.64. The summed E-state index contributed by atoms with van der Waals surface area (Å²) >= 11 is 0. The van der Waals surface area contributed by atoms with Gasteiger partial charge in [0.05, 0.1) is 5.56 Å². The molecule has 0 heterocycles. The van der Waals surface area contributed by atoms with Crippen molar-refractivity contribution in [1.82, 2.24) is 0 Å². The van der Waals surface area contributed by atoms with Gasteiger partial charge >= 0.3 is 15.5 Å². The van der Waals surface area contributed by atoms with Crippen molar-refractivity contribution in [1.29, 1.82) is 0 Å². The van der Waals surface area contributed by atoms with Crippen LogP contribution in [0.25, 0.3) is 4.85 Å². The molecule has 1 rings (SSSR count). The van der Waals surface area contributed by atoms with Gasteiger partial charge in [0.15, 0.2) is 0 Å². The molecule has 1 aromatic rings. The van der Waals surface area contributed by atoms with Gasteiger partial charge in [0.1, 0.15) is 0 Å². The van der Waals surface area contributed by atoms with E-state index in [9.17, 15) is 8.42 Å². The van der Waals surface area contributed by atoms with Gasteiger partial charge in [-0.25, -0.2) is 6.57 Å². The van der Waals surface area contributed by atoms with Gasteiger partial charge in [-0.05, 0) is 0 Å². The van der Waals surface area contributed by atoms with Crippen molar-refractivity contribution in [2.75, 3.05) is 0 Å². The van der Waals surface area contributed by atoms with Crippen LogP contribution >= 0.6 is 0 Å². The Hall–Kier alpha value is -1.38. The Balaban J connectivity index is 3.16. The Labute approximate surface area is 76.4 Å². The van der Waals surface area contributed by atoms with Gasteiger partial charge in [-0.2, -0.15) is 8.42 Å². The van der Waals surface area contributed by atoms with Crippen LogP contribution < -0.4 is 0 Å². The number of hydrogen-bond donors (Lipinski definition) is 1. The maximum Gasteiger partial charge on any atom is 0.369 e. The van der Waals surface area contributed by atoms with E-state index in [0.29, 0.717) is 0 Å². The van der Waals surface area contributed by atoms with Crippen LogP contribution in [0.4, 0.5) is 0 Å². The number of rotatable bonds is 2. The molecule has 4 nitrogen and oxygen atoms in total. The molecule has 0 fully saturated rings. The summed E-state index contributed by atoms with van der Waals surface area (Å²) in [5.41, 5.74) is 0.278. The van der Waals surface area contributed by atoms with E-state index in [2.05, 4.69) is 4.85 Å². The number of nitrogens with zero attached hydrogens (tertiary/aromatic N) is 1. The van der Waals surface area contributed by atoms with Crippen molar-refractivity contribution >= 4 is 10.1 Å². The topological polar surface area (TPSA) is 58.7 Å². The lowest BCUT2D eigenvalue weighted by Gasteiger charge is -2.00. The molecule has 1 N–H and O–H groups in total. The van der Waals surface area contributed by atoms with Crippen LogP contribution in [0.15, 0.2) is 30.3 Å². The van der Waals surface area contributed by atoms with Gasteiger partial charge in [-0.3, -0.25) is 9.40 Å². The molecule has 0 aliphatic carbocycles. The Morgan fingerprint density at radius 3 is 2.23 bits per heavy atom. The Morgan fingerprint density at radius 1 is 1.31 bits per heavy atom. The molecule has 0 bridgehead atoms. The monoisotopic (exact) mass is 197 g/mol. The third-order valence-corrected chi connectivity index (χ3v) is 2.43. The molecule has 0 amide bonds. The molecule has 13 heavy (non-hydrogen) atoms. The SMILES string of the molecule is [C-]#[N+]C(c1ccccc1)S(=O)(=O)O. The van der Waals surface area contributed by atoms with Crippen molar-refractivity contribution in [3.8, 4) is 0 Å². The molecule has 1 aromatic carbocycles. The molecule has 1 unspecified atom stereocenters. The van der Waals surface area contributed by atoms with Crippen LogP contribution in [0.2, 0.25) is 0 Å². The summed E-state index contributed by atoms with van der Waals surface area (Å²) in [6.07, 6.45) is 0. The Morgan fingerprint density at radius 2 is 1.85 bits per heavy atom. The third kappa shape index (κ3) is 2.28. The van der Waals surface area contributed by atoms with E-state index < -0.39 is 15.5 Å². The molecule has 5 heteroatoms. The van der Waals surface area contributed by atoms with E-state index in [1.807, 2.05) is 0 Å². The average Bonchev–Trinajstić information content (AvgIpc) is 2.05. The van der Waals surface area contributed by atoms with E-state index in [1.54, 1.807) is 18.2 Å². The summed E-state index contributed by atoms with van der Waals surface area (Å²) in [5.74, 6) is 0. The average molecular weight is 197 g/mol. The minimum atomic E-state index is -4.32. The summed E-state index contributed by atoms with van der Waals surface area (Å²) < 4.78 is 30.1. The fraction of sp³-hybridized carbons (Fsp3) is 0.125. The third-order valence-electron chi connectivity index (χ3n) is 1.48. The first kappa shape index (κ1) is 9.71. The normalized spacial score (nSPS) is 13.2. The minimum Gasteiger partial charge on any atom is -0.289 e. The second-order valence-corrected chi connectivity index (χ2v) is 3.88. The highest BCUT2D eigenvalue weighted by Crippen LogP contribution is 2.21. The molecule has 68 valence electrons. The molecular formula is C8H7NO3S. The lowest BCUT2D eigenvalue weighted by molar-refractivity contribution is 0.476. The van der Waals surface area contributed by atoms with Gasteiger partial charge in [0.25, 0.3) is 0 Å². The standard InChI is InChI=1S/C8H7NO3S/c1-9-8(13(10,11)12)7-5-3-2-4-6-7/h2-6,8H,(H,10,11,12). The highest BCUT2D eigenvalue weighted by Gasteiger charge is 2.29. The lowest BCUT2D eigenvalue weighted by atomic mass is 10.2. The van der Waals surface area contributed by atoms with Gasteiger partial charge in [-0.15, -0.1) is 0 Å². The second kappa shape index (κ2) is 3.56. The fourth-order valence-electron chi connectivity index (χ4n) is 0.931. The van der Waals surface area contributed by atoms with Crippen LogP contribution in [0.5, 0.6) is 0 Å². The molecule has 0 spiro atoms. The van der Waals surface area contributed by atoms with Crippen LogP contribution in [0.3, 0.4) is 0 Å². The van der Waals surface area contributed by atoms with E-state index in [0.717, 1.165) is 0 Å². The summed E-state index contributed by atoms with van der Waals surface area (Å²) in [6, 6.07) is 7.89. The van der Waals surface area contributed by atoms with E-state index in [-0.39, 0.29) is 5.56 Å². The first-order valence-corrected chi connectivity index (χ1v) is 4.94. The summed E-state index contributed by atoms with van der Waals surface area (Å²) in [5, 5.41) is -1.51. The van der Waals surface area contributed by atoms with Crippen molar-refractivity contribution in [2.45, 2.75) is 5.37 Å². The molecule has 0 aliphatic heterocycles. The van der Waals surface area contributed by atoms with Gasteiger partial charge in [0.2, 0.25) is 0 Å². The second-order valence-electron chi connectivity index (χ2n) is 2.41. The molecule has 0 aromatic heterocycles. The Kier molecular flexibility index (Phi) is 2.66. The largest absolute Gasteiger partial charge is 0.369 e. The van der Waals surface area contributed by atoms with Gasteiger partial charge < -0.3 is 0 Å². The van der Waals surface area contributed by atoms with E-state index in [4.69, 9.17) is 11.1 Å².